The Kier molecular flexibility index (Phi) is 53.9. The SMILES string of the molecule is CC.CC.CC.CC.CC.CC.CC.CC.CC.CC1=Cc2ccccc2C1.CC1CCc2ccccc21.Cc1c[nH]c2ccccc12.Cc1cc2ccccc2[nH]c1=O.Cc1ccc2cccnc2c1.Cc1ccc2cnccc2n1.Cc1cccc2ccccc12.Cc1cccc2cccnc12.Cc1cnc2ccccc2c1. The molecule has 16 aromatic rings. The van der Waals surface area contributed by atoms with Gasteiger partial charge in [0.1, 0.15) is 0 Å². The number of rotatable bonds is 0. The molecule has 7 heterocycles. The third-order valence-electron chi connectivity index (χ3n) is 17.1. The van der Waals surface area contributed by atoms with Crippen molar-refractivity contribution < 1.29 is 0 Å². The van der Waals surface area contributed by atoms with Crippen molar-refractivity contribution in [2.45, 2.75) is 212 Å². The molecule has 0 spiro atoms. The number of nitrogens with zero attached hydrogens (tertiary/aromatic N) is 5. The highest BCUT2D eigenvalue weighted by Gasteiger charge is 2.16. The molecule has 0 fully saturated rings. The Balaban J connectivity index is 0.000000631. The minimum Gasteiger partial charge on any atom is -0.361 e. The van der Waals surface area contributed by atoms with E-state index in [1.807, 2.05) is 254 Å². The predicted octanol–water partition coefficient (Wildman–Crippen LogP) is 31.6. The summed E-state index contributed by atoms with van der Waals surface area (Å²) in [6.45, 7) is 54.8. The monoisotopic (exact) mass is 1540 g/mol. The average molecular weight is 1540 g/mol. The van der Waals surface area contributed by atoms with Crippen molar-refractivity contribution >= 4 is 82.3 Å². The summed E-state index contributed by atoms with van der Waals surface area (Å²) in [5.41, 5.74) is 22.0. The summed E-state index contributed by atoms with van der Waals surface area (Å²) < 4.78 is 0. The number of aromatic amines is 2. The van der Waals surface area contributed by atoms with Crippen LogP contribution in [-0.4, -0.2) is 34.9 Å². The molecule has 608 valence electrons. The van der Waals surface area contributed by atoms with Crippen LogP contribution in [0.5, 0.6) is 0 Å². The van der Waals surface area contributed by atoms with E-state index in [9.17, 15) is 4.79 Å². The van der Waals surface area contributed by atoms with Crippen LogP contribution in [0.25, 0.3) is 82.3 Å². The molecular weight excluding hydrogens is 1400 g/mol. The number of H-pyrrole nitrogens is 2. The van der Waals surface area contributed by atoms with Crippen LogP contribution in [0, 0.1) is 48.5 Å². The molecule has 7 aromatic heterocycles. The highest BCUT2D eigenvalue weighted by Crippen LogP contribution is 2.32. The lowest BCUT2D eigenvalue weighted by molar-refractivity contribution is 0.747. The van der Waals surface area contributed by atoms with Crippen LogP contribution >= 0.6 is 0 Å². The zero-order valence-electron chi connectivity index (χ0n) is 75.1. The number of benzene rings is 9. The summed E-state index contributed by atoms with van der Waals surface area (Å²) in [7, 11) is 0. The highest BCUT2D eigenvalue weighted by atomic mass is 16.1. The van der Waals surface area contributed by atoms with E-state index in [4.69, 9.17) is 0 Å². The van der Waals surface area contributed by atoms with Crippen LogP contribution in [0.15, 0.2) is 302 Å². The summed E-state index contributed by atoms with van der Waals surface area (Å²) in [5, 5.41) is 9.82. The van der Waals surface area contributed by atoms with E-state index < -0.39 is 0 Å². The van der Waals surface area contributed by atoms with Gasteiger partial charge in [-0.15, -0.1) is 0 Å². The van der Waals surface area contributed by atoms with Gasteiger partial charge < -0.3 is 9.97 Å². The molecule has 8 heteroatoms. The van der Waals surface area contributed by atoms with Gasteiger partial charge >= 0.3 is 0 Å². The Morgan fingerprint density at radius 1 is 0.357 bits per heavy atom. The molecule has 0 radical (unpaired) electrons. The third kappa shape index (κ3) is 34.8. The summed E-state index contributed by atoms with van der Waals surface area (Å²) in [5.74, 6) is 0.802. The van der Waals surface area contributed by atoms with E-state index in [1.54, 1.807) is 17.3 Å². The fourth-order valence-electron chi connectivity index (χ4n) is 11.8. The number of allylic oxidation sites excluding steroid dienone is 1. The summed E-state index contributed by atoms with van der Waals surface area (Å²) >= 11 is 0. The second-order valence-electron chi connectivity index (χ2n) is 24.8. The number of hydrogen-bond donors (Lipinski definition) is 2. The fourth-order valence-corrected chi connectivity index (χ4v) is 11.8. The Morgan fingerprint density at radius 2 is 0.896 bits per heavy atom. The maximum atomic E-state index is 11.2. The molecule has 8 nitrogen and oxygen atoms in total. The number of nitrogens with one attached hydrogen (secondary N) is 2. The van der Waals surface area contributed by atoms with E-state index in [0.717, 1.165) is 62.0 Å². The van der Waals surface area contributed by atoms with Gasteiger partial charge in [0.05, 0.1) is 22.1 Å². The van der Waals surface area contributed by atoms with Crippen molar-refractivity contribution in [2.75, 3.05) is 0 Å². The molecule has 0 aliphatic heterocycles. The van der Waals surface area contributed by atoms with Crippen LogP contribution in [0.3, 0.4) is 0 Å². The van der Waals surface area contributed by atoms with Crippen molar-refractivity contribution in [3.63, 3.8) is 0 Å². The first-order chi connectivity index (χ1) is 56.2. The van der Waals surface area contributed by atoms with E-state index >= 15 is 0 Å². The first-order valence-electron chi connectivity index (χ1n) is 42.2. The molecule has 115 heavy (non-hydrogen) atoms. The number of para-hydroxylation sites is 4. The number of pyridine rings is 6. The molecule has 2 aliphatic rings. The van der Waals surface area contributed by atoms with Crippen molar-refractivity contribution in [3.8, 4) is 0 Å². The normalized spacial score (nSPS) is 10.6. The van der Waals surface area contributed by atoms with Crippen molar-refractivity contribution in [3.05, 3.63) is 369 Å². The van der Waals surface area contributed by atoms with Gasteiger partial charge in [0.25, 0.3) is 5.56 Å². The van der Waals surface area contributed by atoms with Gasteiger partial charge in [-0.25, -0.2) is 0 Å². The molecular formula is C107H139N7O. The van der Waals surface area contributed by atoms with Gasteiger partial charge in [0.2, 0.25) is 0 Å². The van der Waals surface area contributed by atoms with Crippen molar-refractivity contribution in [1.82, 2.24) is 34.9 Å². The molecule has 2 N–H and O–H groups in total. The lowest BCUT2D eigenvalue weighted by atomic mass is 10.0. The fraction of sp³-hybridized carbons (Fsp3) is 0.290. The van der Waals surface area contributed by atoms with Gasteiger partial charge in [-0.2, -0.15) is 0 Å². The Morgan fingerprint density at radius 3 is 1.55 bits per heavy atom. The first-order valence-corrected chi connectivity index (χ1v) is 42.2. The molecule has 18 rings (SSSR count). The lowest BCUT2D eigenvalue weighted by Gasteiger charge is -2.01. The molecule has 0 saturated heterocycles. The van der Waals surface area contributed by atoms with E-state index in [2.05, 4.69) is 259 Å². The highest BCUT2D eigenvalue weighted by molar-refractivity contribution is 5.86. The molecule has 1 atom stereocenters. The van der Waals surface area contributed by atoms with Gasteiger partial charge in [0, 0.05) is 86.4 Å². The molecule has 0 amide bonds. The van der Waals surface area contributed by atoms with Crippen LogP contribution in [0.4, 0.5) is 0 Å². The molecule has 1 unspecified atom stereocenters. The van der Waals surface area contributed by atoms with Gasteiger partial charge in [-0.3, -0.25) is 29.7 Å². The van der Waals surface area contributed by atoms with Crippen molar-refractivity contribution in [2.24, 2.45) is 0 Å². The molecule has 9 aromatic carbocycles. The maximum Gasteiger partial charge on any atom is 0.251 e. The predicted molar refractivity (Wildman–Crippen MR) is 514 cm³/mol. The second-order valence-corrected chi connectivity index (χ2v) is 24.8. The zero-order chi connectivity index (χ0) is 85.9. The Labute approximate surface area is 694 Å². The summed E-state index contributed by atoms with van der Waals surface area (Å²) in [6.07, 6.45) is 17.2. The van der Waals surface area contributed by atoms with E-state index in [1.165, 1.54) is 95.2 Å². The minimum absolute atomic E-state index is 0.00583. The van der Waals surface area contributed by atoms with Crippen LogP contribution in [-0.2, 0) is 12.8 Å². The topological polar surface area (TPSA) is 113 Å². The van der Waals surface area contributed by atoms with Gasteiger partial charge in [-0.1, -0.05) is 331 Å². The minimum atomic E-state index is -0.00583. The second kappa shape index (κ2) is 61.1. The standard InChI is InChI=1S/C11H10.C10H9NO.3C10H9N.C10H10.C10H12.C9H8N2.C9H9N.9C2H6/c1-9-5-4-7-10-6-2-3-8-11(9)10;1-7-6-8-4-2-3-5-9(8)11-10(7)12;1-8-4-2-5-9-6-3-7-11-10(8)9;1-8-4-5-9-3-2-6-11-10(9)7-8;1-8-6-9-4-2-3-5-10(9)11-7-8;1-8-6-9-4-2-3-5-10(9)7-8;1-8-6-7-9-4-2-3-5-10(8)9;1-7-2-3-8-6-10-5-4-9(8)11-7;1-7-6-10-9-5-3-2-4-8(7)9;9*1-2/h2-8H,1H3;2-6H,1H3,(H,11,12);3*2-7H,1H3;2-6H,7H2,1H3;2-5,8H,6-7H2,1H3;2-6H,1H3;2-6,10H,1H3;9*1-2H3. The lowest BCUT2D eigenvalue weighted by Crippen LogP contribution is -2.08. The number of fused-ring (bicyclic) bond motifs is 9. The molecule has 0 bridgehead atoms. The summed E-state index contributed by atoms with van der Waals surface area (Å²) in [6, 6.07) is 86.9. The maximum absolute atomic E-state index is 11.2. The number of hydrogen-bond acceptors (Lipinski definition) is 6. The van der Waals surface area contributed by atoms with Crippen molar-refractivity contribution in [1.29, 1.82) is 0 Å². The number of aromatic nitrogens is 7. The largest absolute Gasteiger partial charge is 0.361 e. The van der Waals surface area contributed by atoms with Gasteiger partial charge in [-0.05, 0) is 214 Å². The van der Waals surface area contributed by atoms with E-state index in [0.29, 0.717) is 0 Å². The Hall–Kier alpha value is -11.5. The zero-order valence-corrected chi connectivity index (χ0v) is 75.1. The Bertz CT molecular complexity index is 5050. The quantitative estimate of drug-likeness (QED) is 0.156. The van der Waals surface area contributed by atoms with Crippen LogP contribution < -0.4 is 5.56 Å². The van der Waals surface area contributed by atoms with Crippen LogP contribution in [0.2, 0.25) is 0 Å². The number of aryl methyl sites for hydroxylation is 8. The molecule has 2 aliphatic carbocycles. The smallest absolute Gasteiger partial charge is 0.251 e. The van der Waals surface area contributed by atoms with Gasteiger partial charge in [0.15, 0.2) is 0 Å². The molecule has 0 saturated carbocycles. The first kappa shape index (κ1) is 102. The van der Waals surface area contributed by atoms with E-state index in [-0.39, 0.29) is 5.56 Å². The average Bonchev–Trinajstić information content (AvgIpc) is 1.80. The third-order valence-corrected chi connectivity index (χ3v) is 17.1. The summed E-state index contributed by atoms with van der Waals surface area (Å²) in [4.78, 5) is 38.3. The van der Waals surface area contributed by atoms with Crippen LogP contribution in [0.1, 0.15) is 212 Å².